The zero-order valence-corrected chi connectivity index (χ0v) is 16.6. The van der Waals surface area contributed by atoms with Crippen LogP contribution >= 0.6 is 0 Å². The minimum absolute atomic E-state index is 0.0517. The van der Waals surface area contributed by atoms with Crippen LogP contribution in [-0.2, 0) is 27.3 Å². The maximum atomic E-state index is 13.1. The molecule has 2 saturated heterocycles. The van der Waals surface area contributed by atoms with Gasteiger partial charge in [0, 0.05) is 64.2 Å². The highest BCUT2D eigenvalue weighted by Gasteiger charge is 2.40. The van der Waals surface area contributed by atoms with Crippen LogP contribution in [0, 0.1) is 5.92 Å². The molecule has 3 aliphatic rings. The maximum absolute atomic E-state index is 13.1. The second-order valence-corrected chi connectivity index (χ2v) is 7.91. The van der Waals surface area contributed by atoms with Gasteiger partial charge in [-0.1, -0.05) is 0 Å². The molecule has 0 radical (unpaired) electrons. The lowest BCUT2D eigenvalue weighted by atomic mass is 10.0. The van der Waals surface area contributed by atoms with Crippen LogP contribution in [0.5, 0.6) is 0 Å². The Bertz CT molecular complexity index is 811. The largest absolute Gasteiger partial charge is 0.342 e. The van der Waals surface area contributed by atoms with Crippen LogP contribution in [0.1, 0.15) is 56.2 Å². The lowest BCUT2D eigenvalue weighted by Gasteiger charge is -2.29. The molecule has 4 heterocycles. The third kappa shape index (κ3) is 3.36. The van der Waals surface area contributed by atoms with Crippen LogP contribution in [0.3, 0.4) is 0 Å². The summed E-state index contributed by atoms with van der Waals surface area (Å²) in [6.07, 6.45) is 4.61. The number of nitrogens with zero attached hydrogens (tertiary/aromatic N) is 5. The van der Waals surface area contributed by atoms with Gasteiger partial charge in [0.15, 0.2) is 5.82 Å². The molecule has 0 N–H and O–H groups in total. The molecular formula is C20H27N5O3. The minimum atomic E-state index is -0.255. The molecule has 150 valence electrons. The first kappa shape index (κ1) is 18.8. The van der Waals surface area contributed by atoms with Crippen molar-refractivity contribution >= 4 is 17.7 Å². The number of likely N-dealkylation sites (tertiary alicyclic amines) is 2. The molecule has 8 nitrogen and oxygen atoms in total. The number of hydrogen-bond donors (Lipinski definition) is 0. The zero-order valence-electron chi connectivity index (χ0n) is 16.6. The number of rotatable bonds is 3. The van der Waals surface area contributed by atoms with Gasteiger partial charge in [-0.2, -0.15) is 0 Å². The normalized spacial score (nSPS) is 24.6. The lowest BCUT2D eigenvalue weighted by Crippen LogP contribution is -2.38. The van der Waals surface area contributed by atoms with Crippen molar-refractivity contribution < 1.29 is 14.4 Å². The fourth-order valence-corrected chi connectivity index (χ4v) is 4.54. The molecule has 3 amide bonds. The quantitative estimate of drug-likeness (QED) is 0.772. The molecular weight excluding hydrogens is 358 g/mol. The average Bonchev–Trinajstić information content (AvgIpc) is 3.33. The molecule has 1 aromatic rings. The van der Waals surface area contributed by atoms with Crippen LogP contribution in [0.2, 0.25) is 0 Å². The highest BCUT2D eigenvalue weighted by molar-refractivity contribution is 5.89. The predicted octanol–water partition coefficient (Wildman–Crippen LogP) is 0.913. The van der Waals surface area contributed by atoms with E-state index in [1.54, 1.807) is 16.7 Å². The molecule has 8 heteroatoms. The smallest absolute Gasteiger partial charge is 0.228 e. The van der Waals surface area contributed by atoms with Crippen LogP contribution in [0.25, 0.3) is 0 Å². The Morgan fingerprint density at radius 3 is 2.82 bits per heavy atom. The Labute approximate surface area is 164 Å². The number of hydrogen-bond acceptors (Lipinski definition) is 5. The lowest BCUT2D eigenvalue weighted by molar-refractivity contribution is -0.137. The van der Waals surface area contributed by atoms with Gasteiger partial charge in [-0.15, -0.1) is 0 Å². The number of amides is 3. The van der Waals surface area contributed by atoms with E-state index in [0.717, 1.165) is 24.1 Å². The molecule has 0 aromatic carbocycles. The van der Waals surface area contributed by atoms with Gasteiger partial charge < -0.3 is 14.7 Å². The van der Waals surface area contributed by atoms with E-state index >= 15 is 0 Å². The number of carbonyl (C=O) groups is 3. The first-order valence-corrected chi connectivity index (χ1v) is 10.2. The maximum Gasteiger partial charge on any atom is 0.228 e. The zero-order chi connectivity index (χ0) is 19.8. The fourth-order valence-electron chi connectivity index (χ4n) is 4.54. The highest BCUT2D eigenvalue weighted by atomic mass is 16.2. The van der Waals surface area contributed by atoms with E-state index in [-0.39, 0.29) is 29.7 Å². The van der Waals surface area contributed by atoms with Crippen molar-refractivity contribution in [2.45, 2.75) is 52.1 Å². The van der Waals surface area contributed by atoms with Crippen LogP contribution in [0.4, 0.5) is 0 Å². The molecule has 2 fully saturated rings. The van der Waals surface area contributed by atoms with E-state index in [9.17, 15) is 14.4 Å². The topological polar surface area (TPSA) is 86.7 Å². The number of aromatic nitrogens is 2. The summed E-state index contributed by atoms with van der Waals surface area (Å²) in [5.41, 5.74) is 1.97. The van der Waals surface area contributed by atoms with E-state index in [0.29, 0.717) is 51.4 Å². The van der Waals surface area contributed by atoms with E-state index in [1.165, 1.54) is 0 Å². The summed E-state index contributed by atoms with van der Waals surface area (Å²) in [5, 5.41) is 0. The number of fused-ring (bicyclic) bond motifs is 1. The Hall–Kier alpha value is -2.51. The van der Waals surface area contributed by atoms with Gasteiger partial charge in [0.25, 0.3) is 0 Å². The van der Waals surface area contributed by atoms with Gasteiger partial charge in [-0.05, 0) is 19.8 Å². The fraction of sp³-hybridized carbons (Fsp3) is 0.650. The first-order valence-electron chi connectivity index (χ1n) is 10.2. The van der Waals surface area contributed by atoms with Gasteiger partial charge in [0.1, 0.15) is 0 Å². The first-order chi connectivity index (χ1) is 13.5. The third-order valence-electron chi connectivity index (χ3n) is 6.18. The van der Waals surface area contributed by atoms with Gasteiger partial charge in [-0.3, -0.25) is 14.4 Å². The van der Waals surface area contributed by atoms with Crippen molar-refractivity contribution in [2.24, 2.45) is 5.92 Å². The molecule has 0 bridgehead atoms. The van der Waals surface area contributed by atoms with Crippen molar-refractivity contribution in [1.29, 1.82) is 0 Å². The van der Waals surface area contributed by atoms with Gasteiger partial charge in [0.05, 0.1) is 17.7 Å². The Morgan fingerprint density at radius 2 is 2.11 bits per heavy atom. The second-order valence-electron chi connectivity index (χ2n) is 7.91. The summed E-state index contributed by atoms with van der Waals surface area (Å²) < 4.78 is 0. The van der Waals surface area contributed by atoms with Crippen LogP contribution < -0.4 is 0 Å². The average molecular weight is 385 g/mol. The van der Waals surface area contributed by atoms with Crippen molar-refractivity contribution in [3.8, 4) is 0 Å². The van der Waals surface area contributed by atoms with Crippen LogP contribution in [0.15, 0.2) is 6.20 Å². The summed E-state index contributed by atoms with van der Waals surface area (Å²) >= 11 is 0. The highest BCUT2D eigenvalue weighted by Crippen LogP contribution is 2.33. The second kappa shape index (κ2) is 7.48. The van der Waals surface area contributed by atoms with Crippen molar-refractivity contribution in [3.05, 3.63) is 23.3 Å². The summed E-state index contributed by atoms with van der Waals surface area (Å²) in [5.74, 6) is 0.620. The molecule has 3 aliphatic heterocycles. The summed E-state index contributed by atoms with van der Waals surface area (Å²) in [6, 6.07) is -0.116. The van der Waals surface area contributed by atoms with E-state index in [1.807, 2.05) is 18.0 Å². The predicted molar refractivity (Wildman–Crippen MR) is 101 cm³/mol. The van der Waals surface area contributed by atoms with Gasteiger partial charge in [0.2, 0.25) is 17.7 Å². The Balaban J connectivity index is 1.50. The molecule has 2 atom stereocenters. The van der Waals surface area contributed by atoms with Crippen molar-refractivity contribution in [3.63, 3.8) is 0 Å². The molecule has 0 unspecified atom stereocenters. The SMILES string of the molecule is CCN1C[C@H](C(=O)N2CCC[C@H]2c2ncc3c(n2)CCN(C(C)=O)C3)CC1=O. The molecule has 0 spiro atoms. The van der Waals surface area contributed by atoms with Crippen molar-refractivity contribution in [2.75, 3.05) is 26.2 Å². The molecule has 0 saturated carbocycles. The molecule has 4 rings (SSSR count). The van der Waals surface area contributed by atoms with Crippen molar-refractivity contribution in [1.82, 2.24) is 24.7 Å². The van der Waals surface area contributed by atoms with E-state index in [4.69, 9.17) is 4.98 Å². The van der Waals surface area contributed by atoms with Gasteiger partial charge >= 0.3 is 0 Å². The molecule has 1 aromatic heterocycles. The summed E-state index contributed by atoms with van der Waals surface area (Å²) in [4.78, 5) is 51.5. The number of carbonyl (C=O) groups excluding carboxylic acids is 3. The minimum Gasteiger partial charge on any atom is -0.342 e. The van der Waals surface area contributed by atoms with Crippen LogP contribution in [-0.4, -0.2) is 68.6 Å². The Morgan fingerprint density at radius 1 is 1.29 bits per heavy atom. The standard InChI is InChI=1S/C20H27N5O3/c1-3-23-11-14(9-18(23)27)20(28)25-7-4-5-17(25)19-21-10-15-12-24(13(2)26)8-6-16(15)22-19/h10,14,17H,3-9,11-12H2,1-2H3/t14-,17+/m1/s1. The summed E-state index contributed by atoms with van der Waals surface area (Å²) in [6.45, 7) is 6.60. The van der Waals surface area contributed by atoms with E-state index < -0.39 is 0 Å². The van der Waals surface area contributed by atoms with E-state index in [2.05, 4.69) is 4.98 Å². The molecule has 0 aliphatic carbocycles. The van der Waals surface area contributed by atoms with Gasteiger partial charge in [-0.25, -0.2) is 9.97 Å². The monoisotopic (exact) mass is 385 g/mol. The summed E-state index contributed by atoms with van der Waals surface area (Å²) in [7, 11) is 0. The Kier molecular flexibility index (Phi) is 5.03. The molecule has 28 heavy (non-hydrogen) atoms. The third-order valence-corrected chi connectivity index (χ3v) is 6.18.